The van der Waals surface area contributed by atoms with E-state index in [-0.39, 0.29) is 17.9 Å². The van der Waals surface area contributed by atoms with Gasteiger partial charge >= 0.3 is 0 Å². The summed E-state index contributed by atoms with van der Waals surface area (Å²) < 4.78 is 6.00. The molecule has 1 heterocycles. The minimum absolute atomic E-state index is 0.190. The van der Waals surface area contributed by atoms with Gasteiger partial charge in [0, 0.05) is 19.7 Å². The van der Waals surface area contributed by atoms with Gasteiger partial charge in [0.1, 0.15) is 0 Å². The van der Waals surface area contributed by atoms with E-state index in [1.54, 1.807) is 0 Å². The zero-order valence-electron chi connectivity index (χ0n) is 14.5. The normalized spacial score (nSPS) is 20.2. The second kappa shape index (κ2) is 7.40. The molecular formula is C22H25NO2. The van der Waals surface area contributed by atoms with E-state index >= 15 is 0 Å². The van der Waals surface area contributed by atoms with E-state index < -0.39 is 0 Å². The lowest BCUT2D eigenvalue weighted by atomic mass is 9.90. The fourth-order valence-corrected chi connectivity index (χ4v) is 3.57. The average molecular weight is 335 g/mol. The van der Waals surface area contributed by atoms with Crippen LogP contribution in [-0.2, 0) is 9.53 Å². The van der Waals surface area contributed by atoms with E-state index in [9.17, 15) is 4.79 Å². The van der Waals surface area contributed by atoms with Crippen molar-refractivity contribution in [3.05, 3.63) is 71.8 Å². The Bertz CT molecular complexity index is 657. The Kier molecular flexibility index (Phi) is 4.84. The summed E-state index contributed by atoms with van der Waals surface area (Å²) in [5.41, 5.74) is 2.11. The van der Waals surface area contributed by atoms with Gasteiger partial charge < -0.3 is 9.64 Å². The molecule has 1 aliphatic heterocycles. The number of likely N-dealkylation sites (tertiary alicyclic amines) is 1. The van der Waals surface area contributed by atoms with Crippen molar-refractivity contribution in [1.29, 1.82) is 0 Å². The Balaban J connectivity index is 1.50. The first-order valence-corrected chi connectivity index (χ1v) is 9.31. The first-order chi connectivity index (χ1) is 12.3. The molecule has 0 radical (unpaired) electrons. The maximum Gasteiger partial charge on any atom is 0.234 e. The van der Waals surface area contributed by atoms with Gasteiger partial charge in [0.2, 0.25) is 5.91 Å². The van der Waals surface area contributed by atoms with E-state index in [0.717, 1.165) is 43.2 Å². The van der Waals surface area contributed by atoms with Crippen LogP contribution in [0.5, 0.6) is 0 Å². The molecule has 25 heavy (non-hydrogen) atoms. The Hall–Kier alpha value is -2.13. The summed E-state index contributed by atoms with van der Waals surface area (Å²) in [5.74, 6) is 0.727. The number of carbonyl (C=O) groups excluding carboxylic acids is 1. The minimum Gasteiger partial charge on any atom is -0.376 e. The van der Waals surface area contributed by atoms with Crippen molar-refractivity contribution in [2.75, 3.05) is 19.7 Å². The van der Waals surface area contributed by atoms with Crippen molar-refractivity contribution < 1.29 is 9.53 Å². The van der Waals surface area contributed by atoms with Crippen LogP contribution in [0.1, 0.15) is 36.3 Å². The average Bonchev–Trinajstić information content (AvgIpc) is 3.37. The zero-order valence-corrected chi connectivity index (χ0v) is 14.5. The monoisotopic (exact) mass is 335 g/mol. The Morgan fingerprint density at radius 1 is 0.960 bits per heavy atom. The van der Waals surface area contributed by atoms with Crippen molar-refractivity contribution in [2.45, 2.75) is 31.3 Å². The maximum absolute atomic E-state index is 13.3. The molecule has 130 valence electrons. The molecule has 3 heteroatoms. The van der Waals surface area contributed by atoms with Gasteiger partial charge in [0.05, 0.1) is 12.0 Å². The largest absolute Gasteiger partial charge is 0.376 e. The molecule has 1 saturated carbocycles. The highest BCUT2D eigenvalue weighted by atomic mass is 16.5. The number of nitrogens with zero attached hydrogens (tertiary/aromatic N) is 1. The van der Waals surface area contributed by atoms with Crippen LogP contribution in [0.25, 0.3) is 0 Å². The highest BCUT2D eigenvalue weighted by Gasteiger charge is 2.33. The molecule has 0 aromatic heterocycles. The quantitative estimate of drug-likeness (QED) is 0.802. The summed E-state index contributed by atoms with van der Waals surface area (Å²) in [5, 5.41) is 0. The number of rotatable bonds is 6. The molecule has 2 aliphatic rings. The Morgan fingerprint density at radius 2 is 1.56 bits per heavy atom. The van der Waals surface area contributed by atoms with Gasteiger partial charge in [-0.15, -0.1) is 0 Å². The molecule has 4 rings (SSSR count). The maximum atomic E-state index is 13.3. The van der Waals surface area contributed by atoms with Crippen molar-refractivity contribution in [3.8, 4) is 0 Å². The van der Waals surface area contributed by atoms with Gasteiger partial charge in [-0.1, -0.05) is 60.7 Å². The van der Waals surface area contributed by atoms with E-state index in [4.69, 9.17) is 4.74 Å². The van der Waals surface area contributed by atoms with E-state index in [0.29, 0.717) is 0 Å². The first-order valence-electron chi connectivity index (χ1n) is 9.31. The number of hydrogen-bond donors (Lipinski definition) is 0. The topological polar surface area (TPSA) is 29.5 Å². The smallest absolute Gasteiger partial charge is 0.234 e. The van der Waals surface area contributed by atoms with Crippen LogP contribution in [0.3, 0.4) is 0 Å². The molecule has 1 amide bonds. The summed E-state index contributed by atoms with van der Waals surface area (Å²) in [7, 11) is 0. The van der Waals surface area contributed by atoms with Gasteiger partial charge in [-0.05, 0) is 36.3 Å². The first kappa shape index (κ1) is 16.3. The van der Waals surface area contributed by atoms with Crippen LogP contribution < -0.4 is 0 Å². The standard InChI is InChI=1S/C22H25NO2/c24-22(23-14-13-20(15-23)25-16-17-11-12-17)21(18-7-3-1-4-8-18)19-9-5-2-6-10-19/h1-10,17,20-21H,11-16H2/t20-/m1/s1. The lowest BCUT2D eigenvalue weighted by Gasteiger charge is -2.24. The van der Waals surface area contributed by atoms with Crippen LogP contribution in [0.4, 0.5) is 0 Å². The highest BCUT2D eigenvalue weighted by molar-refractivity contribution is 5.87. The third-order valence-electron chi connectivity index (χ3n) is 5.23. The van der Waals surface area contributed by atoms with E-state index in [1.807, 2.05) is 65.6 Å². The Labute approximate surface area is 149 Å². The Morgan fingerprint density at radius 3 is 2.12 bits per heavy atom. The minimum atomic E-state index is -0.232. The van der Waals surface area contributed by atoms with Gasteiger partial charge in [0.25, 0.3) is 0 Å². The molecule has 0 N–H and O–H groups in total. The molecule has 1 atom stereocenters. The second-order valence-electron chi connectivity index (χ2n) is 7.23. The summed E-state index contributed by atoms with van der Waals surface area (Å²) >= 11 is 0. The molecule has 1 saturated heterocycles. The molecule has 1 aliphatic carbocycles. The zero-order chi connectivity index (χ0) is 17.1. The summed E-state index contributed by atoms with van der Waals surface area (Å²) in [6.45, 7) is 2.39. The molecule has 2 aromatic carbocycles. The van der Waals surface area contributed by atoms with E-state index in [2.05, 4.69) is 0 Å². The molecule has 0 unspecified atom stereocenters. The molecule has 0 spiro atoms. The summed E-state index contributed by atoms with van der Waals surface area (Å²) in [4.78, 5) is 15.3. The number of hydrogen-bond acceptors (Lipinski definition) is 2. The van der Waals surface area contributed by atoms with Gasteiger partial charge in [-0.2, -0.15) is 0 Å². The fraction of sp³-hybridized carbons (Fsp3) is 0.409. The van der Waals surface area contributed by atoms with Gasteiger partial charge in [-0.25, -0.2) is 0 Å². The van der Waals surface area contributed by atoms with Crippen LogP contribution in [0.2, 0.25) is 0 Å². The van der Waals surface area contributed by atoms with Gasteiger partial charge in [-0.3, -0.25) is 4.79 Å². The number of carbonyl (C=O) groups is 1. The predicted molar refractivity (Wildman–Crippen MR) is 98.4 cm³/mol. The molecule has 2 aromatic rings. The number of ether oxygens (including phenoxy) is 1. The predicted octanol–water partition coefficient (Wildman–Crippen LogP) is 3.85. The highest BCUT2D eigenvalue weighted by Crippen LogP contribution is 2.31. The van der Waals surface area contributed by atoms with Gasteiger partial charge in [0.15, 0.2) is 0 Å². The third kappa shape index (κ3) is 3.93. The van der Waals surface area contributed by atoms with Crippen LogP contribution in [0.15, 0.2) is 60.7 Å². The van der Waals surface area contributed by atoms with E-state index in [1.165, 1.54) is 12.8 Å². The van der Waals surface area contributed by atoms with Crippen LogP contribution >= 0.6 is 0 Å². The van der Waals surface area contributed by atoms with Crippen molar-refractivity contribution in [1.82, 2.24) is 4.90 Å². The van der Waals surface area contributed by atoms with Crippen molar-refractivity contribution >= 4 is 5.91 Å². The lowest BCUT2D eigenvalue weighted by Crippen LogP contribution is -2.35. The summed E-state index contributed by atoms with van der Waals surface area (Å²) in [6, 6.07) is 20.2. The van der Waals surface area contributed by atoms with Crippen LogP contribution in [0, 0.1) is 5.92 Å². The second-order valence-corrected chi connectivity index (χ2v) is 7.23. The molecular weight excluding hydrogens is 310 g/mol. The van der Waals surface area contributed by atoms with Crippen molar-refractivity contribution in [3.63, 3.8) is 0 Å². The third-order valence-corrected chi connectivity index (χ3v) is 5.23. The summed E-state index contributed by atoms with van der Waals surface area (Å²) in [6.07, 6.45) is 3.77. The fourth-order valence-electron chi connectivity index (χ4n) is 3.57. The SMILES string of the molecule is O=C(C(c1ccccc1)c1ccccc1)N1CC[C@@H](OCC2CC2)C1. The molecule has 2 fully saturated rings. The van der Waals surface area contributed by atoms with Crippen LogP contribution in [-0.4, -0.2) is 36.6 Å². The number of amides is 1. The molecule has 0 bridgehead atoms. The number of benzene rings is 2. The molecule has 3 nitrogen and oxygen atoms in total. The lowest BCUT2D eigenvalue weighted by molar-refractivity contribution is -0.131. The van der Waals surface area contributed by atoms with Crippen molar-refractivity contribution in [2.24, 2.45) is 5.92 Å².